The standard InChI is InChI=1S/C68H93NO11/c1-3-5-7-9-11-13-15-17-19-21-23-25-39-49-58(76-64(71)53-41-31-27-32-42-53)57(69-60(70)50-40-26-24-22-20-18-16-14-12-10-8-6-4-2)51-74-68-63(79-66(73)55-45-35-29-36-46-55)62(78-65(72)54-43-33-28-34-44-54)61-59(77-68)52-75-67(80-61)56-47-37-30-38-48-56/h27-39,41-49,57-59,61-63,67-68H,3-26,40,50-52H2,1-2H3,(H,69,70)/t57-,58+,59+,61+,62-,63+,67?,68-/m0/s1. The highest BCUT2D eigenvalue weighted by molar-refractivity contribution is 5.91. The van der Waals surface area contributed by atoms with E-state index < -0.39 is 67.0 Å². The summed E-state index contributed by atoms with van der Waals surface area (Å²) < 4.78 is 45.3. The van der Waals surface area contributed by atoms with Gasteiger partial charge in [-0.2, -0.15) is 0 Å². The summed E-state index contributed by atoms with van der Waals surface area (Å²) in [5.41, 5.74) is 1.63. The normalized spacial score (nSPS) is 19.6. The molecule has 2 aliphatic rings. The second-order valence-electron chi connectivity index (χ2n) is 21.7. The Morgan fingerprint density at radius 2 is 0.963 bits per heavy atom. The minimum atomic E-state index is -1.39. The van der Waals surface area contributed by atoms with Crippen LogP contribution in [0, 0.1) is 0 Å². The van der Waals surface area contributed by atoms with Crippen LogP contribution in [-0.2, 0) is 38.0 Å². The number of allylic oxidation sites excluding steroid dienone is 1. The number of ether oxygens (including phenoxy) is 7. The number of unbranched alkanes of at least 4 members (excludes halogenated alkanes) is 23. The number of nitrogens with one attached hydrogen (secondary N) is 1. The van der Waals surface area contributed by atoms with Gasteiger partial charge in [0.2, 0.25) is 5.91 Å². The molecule has 4 aromatic rings. The highest BCUT2D eigenvalue weighted by Gasteiger charge is 2.54. The van der Waals surface area contributed by atoms with Crippen LogP contribution in [0.2, 0.25) is 0 Å². The van der Waals surface area contributed by atoms with Gasteiger partial charge < -0.3 is 38.5 Å². The van der Waals surface area contributed by atoms with E-state index in [-0.39, 0.29) is 36.7 Å². The first-order valence-electron chi connectivity index (χ1n) is 30.7. The van der Waals surface area contributed by atoms with E-state index in [1.165, 1.54) is 109 Å². The molecule has 1 unspecified atom stereocenters. The van der Waals surface area contributed by atoms with Crippen molar-refractivity contribution in [2.24, 2.45) is 0 Å². The number of rotatable bonds is 39. The maximum absolute atomic E-state index is 14.2. The molecule has 0 bridgehead atoms. The topological polar surface area (TPSA) is 145 Å². The lowest BCUT2D eigenvalue weighted by molar-refractivity contribution is -0.360. The number of fused-ring (bicyclic) bond motifs is 1. The zero-order valence-corrected chi connectivity index (χ0v) is 48.1. The quantitative estimate of drug-likeness (QED) is 0.0197. The molecule has 80 heavy (non-hydrogen) atoms. The molecule has 12 nitrogen and oxygen atoms in total. The van der Waals surface area contributed by atoms with Crippen molar-refractivity contribution in [2.75, 3.05) is 13.2 Å². The van der Waals surface area contributed by atoms with Crippen LogP contribution in [0.3, 0.4) is 0 Å². The van der Waals surface area contributed by atoms with Crippen LogP contribution in [0.5, 0.6) is 0 Å². The number of hydrogen-bond donors (Lipinski definition) is 1. The van der Waals surface area contributed by atoms with Crippen LogP contribution >= 0.6 is 0 Å². The van der Waals surface area contributed by atoms with Gasteiger partial charge in [0.1, 0.15) is 18.3 Å². The second-order valence-corrected chi connectivity index (χ2v) is 21.7. The molecular weight excluding hydrogens is 1010 g/mol. The molecule has 0 saturated carbocycles. The molecule has 0 radical (unpaired) electrons. The summed E-state index contributed by atoms with van der Waals surface area (Å²) in [5, 5.41) is 3.19. The van der Waals surface area contributed by atoms with E-state index in [0.717, 1.165) is 50.5 Å². The van der Waals surface area contributed by atoms with Crippen molar-refractivity contribution in [3.05, 3.63) is 156 Å². The molecule has 1 N–H and O–H groups in total. The van der Waals surface area contributed by atoms with Crippen LogP contribution in [0.4, 0.5) is 0 Å². The van der Waals surface area contributed by atoms with E-state index in [2.05, 4.69) is 19.2 Å². The van der Waals surface area contributed by atoms with Crippen molar-refractivity contribution in [2.45, 2.75) is 230 Å². The van der Waals surface area contributed by atoms with E-state index in [4.69, 9.17) is 33.2 Å². The van der Waals surface area contributed by atoms with Crippen LogP contribution in [0.25, 0.3) is 0 Å². The van der Waals surface area contributed by atoms with Gasteiger partial charge in [-0.05, 0) is 61.7 Å². The minimum absolute atomic E-state index is 0.0151. The Morgan fingerprint density at radius 1 is 0.525 bits per heavy atom. The van der Waals surface area contributed by atoms with E-state index in [1.807, 2.05) is 48.6 Å². The predicted molar refractivity (Wildman–Crippen MR) is 314 cm³/mol. The second kappa shape index (κ2) is 38.1. The lowest BCUT2D eigenvalue weighted by atomic mass is 9.96. The molecule has 0 aromatic heterocycles. The average molecular weight is 1100 g/mol. The summed E-state index contributed by atoms with van der Waals surface area (Å²) in [4.78, 5) is 56.4. The van der Waals surface area contributed by atoms with Gasteiger partial charge in [0.25, 0.3) is 0 Å². The molecule has 2 aliphatic heterocycles. The van der Waals surface area contributed by atoms with Crippen molar-refractivity contribution < 1.29 is 52.3 Å². The fourth-order valence-corrected chi connectivity index (χ4v) is 10.4. The number of carbonyl (C=O) groups excluding carboxylic acids is 4. The lowest BCUT2D eigenvalue weighted by Crippen LogP contribution is -2.64. The van der Waals surface area contributed by atoms with Crippen LogP contribution < -0.4 is 5.32 Å². The summed E-state index contributed by atoms with van der Waals surface area (Å²) in [6.45, 7) is 4.26. The zero-order valence-electron chi connectivity index (χ0n) is 48.1. The molecule has 2 saturated heterocycles. The molecule has 4 aromatic carbocycles. The molecule has 2 fully saturated rings. The summed E-state index contributed by atoms with van der Waals surface area (Å²) in [5.74, 6) is -2.15. The van der Waals surface area contributed by atoms with Crippen LogP contribution in [-0.4, -0.2) is 79.9 Å². The molecule has 2 heterocycles. The number of amides is 1. The van der Waals surface area contributed by atoms with Gasteiger partial charge in [0, 0.05) is 12.0 Å². The van der Waals surface area contributed by atoms with E-state index >= 15 is 0 Å². The first kappa shape index (κ1) is 63.5. The first-order valence-corrected chi connectivity index (χ1v) is 30.7. The van der Waals surface area contributed by atoms with E-state index in [1.54, 1.807) is 84.9 Å². The summed E-state index contributed by atoms with van der Waals surface area (Å²) in [7, 11) is 0. The van der Waals surface area contributed by atoms with Crippen molar-refractivity contribution in [1.29, 1.82) is 0 Å². The Morgan fingerprint density at radius 3 is 1.46 bits per heavy atom. The lowest BCUT2D eigenvalue weighted by Gasteiger charge is -2.48. The van der Waals surface area contributed by atoms with Gasteiger partial charge in [0.15, 0.2) is 24.8 Å². The van der Waals surface area contributed by atoms with Crippen molar-refractivity contribution in [3.8, 4) is 0 Å². The maximum atomic E-state index is 14.2. The third kappa shape index (κ3) is 23.1. The minimum Gasteiger partial charge on any atom is -0.452 e. The van der Waals surface area contributed by atoms with Crippen LogP contribution in [0.15, 0.2) is 133 Å². The Kier molecular flexibility index (Phi) is 30.3. The average Bonchev–Trinajstić information content (AvgIpc) is 3.54. The number of esters is 3. The largest absolute Gasteiger partial charge is 0.452 e. The van der Waals surface area contributed by atoms with Crippen molar-refractivity contribution in [3.63, 3.8) is 0 Å². The number of benzene rings is 4. The van der Waals surface area contributed by atoms with Crippen molar-refractivity contribution in [1.82, 2.24) is 5.32 Å². The smallest absolute Gasteiger partial charge is 0.338 e. The Bertz CT molecular complexity index is 2330. The molecule has 8 atom stereocenters. The highest BCUT2D eigenvalue weighted by Crippen LogP contribution is 2.38. The summed E-state index contributed by atoms with van der Waals surface area (Å²) >= 11 is 0. The first-order chi connectivity index (χ1) is 39.3. The molecule has 436 valence electrons. The van der Waals surface area contributed by atoms with Gasteiger partial charge in [-0.25, -0.2) is 14.4 Å². The van der Waals surface area contributed by atoms with Crippen LogP contribution in [0.1, 0.15) is 224 Å². The zero-order chi connectivity index (χ0) is 56.2. The molecule has 0 aliphatic carbocycles. The molecule has 6 rings (SSSR count). The fraction of sp³-hybridized carbons (Fsp3) is 0.559. The maximum Gasteiger partial charge on any atom is 0.338 e. The number of hydrogen-bond acceptors (Lipinski definition) is 11. The fourth-order valence-electron chi connectivity index (χ4n) is 10.4. The van der Waals surface area contributed by atoms with E-state index in [0.29, 0.717) is 12.0 Å². The van der Waals surface area contributed by atoms with E-state index in [9.17, 15) is 19.2 Å². The highest BCUT2D eigenvalue weighted by atomic mass is 16.8. The molecule has 12 heteroatoms. The SMILES string of the molecule is CCCCCCCCCCCCCC=C[C@@H](OC(=O)c1ccccc1)[C@H](CO[C@H]1O[C@@H]2COC(c3ccccc3)O[C@H]2[C@H](OC(=O)c2ccccc2)[C@H]1OC(=O)c1ccccc1)NC(=O)CCCCCCCCCCCCCCC. The van der Waals surface area contributed by atoms with Gasteiger partial charge >= 0.3 is 17.9 Å². The monoisotopic (exact) mass is 1100 g/mol. The van der Waals surface area contributed by atoms with Gasteiger partial charge in [-0.1, -0.05) is 246 Å². The Labute approximate surface area is 478 Å². The Balaban J connectivity index is 1.22. The number of carbonyl (C=O) groups is 4. The summed E-state index contributed by atoms with van der Waals surface area (Å²) in [6.07, 6.45) is 26.1. The van der Waals surface area contributed by atoms with Gasteiger partial charge in [0.05, 0.1) is 35.9 Å². The third-order valence-electron chi connectivity index (χ3n) is 15.1. The molecule has 1 amide bonds. The Hall–Kier alpha value is -5.66. The molecular formula is C68H93NO11. The predicted octanol–water partition coefficient (Wildman–Crippen LogP) is 15.7. The summed E-state index contributed by atoms with van der Waals surface area (Å²) in [6, 6.07) is 34.3. The molecule has 0 spiro atoms. The van der Waals surface area contributed by atoms with Gasteiger partial charge in [-0.3, -0.25) is 4.79 Å². The van der Waals surface area contributed by atoms with Gasteiger partial charge in [-0.15, -0.1) is 0 Å². The van der Waals surface area contributed by atoms with Crippen molar-refractivity contribution >= 4 is 23.8 Å². The third-order valence-corrected chi connectivity index (χ3v) is 15.1.